The average Bonchev–Trinajstić information content (AvgIpc) is 3.08. The van der Waals surface area contributed by atoms with Crippen molar-refractivity contribution < 1.29 is 14.2 Å². The van der Waals surface area contributed by atoms with E-state index in [2.05, 4.69) is 16.0 Å². The van der Waals surface area contributed by atoms with Crippen molar-refractivity contribution in [3.8, 4) is 23.3 Å². The Kier molecular flexibility index (Phi) is 5.04. The number of benzene rings is 2. The number of hydrogen-bond donors (Lipinski definition) is 1. The van der Waals surface area contributed by atoms with Gasteiger partial charge in [0.05, 0.1) is 37.9 Å². The van der Waals surface area contributed by atoms with Gasteiger partial charge in [0.2, 0.25) is 0 Å². The van der Waals surface area contributed by atoms with Gasteiger partial charge in [-0.15, -0.1) is 0 Å². The van der Waals surface area contributed by atoms with E-state index in [4.69, 9.17) is 14.2 Å². The second kappa shape index (κ2) is 7.42. The van der Waals surface area contributed by atoms with Crippen LogP contribution < -0.4 is 14.2 Å². The number of nitrogens with one attached hydrogen (secondary N) is 1. The van der Waals surface area contributed by atoms with E-state index in [9.17, 15) is 5.26 Å². The Balaban J connectivity index is 2.13. The molecule has 6 heteroatoms. The molecule has 1 aromatic heterocycles. The van der Waals surface area contributed by atoms with Crippen LogP contribution in [-0.4, -0.2) is 31.3 Å². The standard InChI is InChI=1S/C21H21N3O3/c1-12-6-16-17(7-13(12)2)24-21(23-16)15(11-22)8-14-9-19(26-4)20(27-5)10-18(14)25-3/h6-10H,1-5H3,(H,23,24)/b15-8-. The van der Waals surface area contributed by atoms with E-state index in [-0.39, 0.29) is 0 Å². The molecular weight excluding hydrogens is 342 g/mol. The molecule has 0 atom stereocenters. The number of aromatic nitrogens is 2. The number of aryl methyl sites for hydroxylation is 2. The molecule has 1 N–H and O–H groups in total. The third kappa shape index (κ3) is 3.44. The molecule has 0 spiro atoms. The second-order valence-corrected chi connectivity index (χ2v) is 6.16. The molecular formula is C21H21N3O3. The van der Waals surface area contributed by atoms with E-state index in [1.807, 2.05) is 26.0 Å². The molecule has 6 nitrogen and oxygen atoms in total. The summed E-state index contributed by atoms with van der Waals surface area (Å²) in [7, 11) is 4.69. The Labute approximate surface area is 158 Å². The summed E-state index contributed by atoms with van der Waals surface area (Å²) in [6.07, 6.45) is 1.72. The first-order valence-corrected chi connectivity index (χ1v) is 8.39. The van der Waals surface area contributed by atoms with Crippen molar-refractivity contribution >= 4 is 22.7 Å². The van der Waals surface area contributed by atoms with Crippen molar-refractivity contribution in [2.45, 2.75) is 13.8 Å². The quantitative estimate of drug-likeness (QED) is 0.685. The molecule has 0 aliphatic heterocycles. The number of allylic oxidation sites excluding steroid dienone is 1. The summed E-state index contributed by atoms with van der Waals surface area (Å²) < 4.78 is 16.1. The minimum atomic E-state index is 0.395. The number of H-pyrrole nitrogens is 1. The maximum Gasteiger partial charge on any atom is 0.164 e. The first-order chi connectivity index (χ1) is 13.0. The molecule has 0 amide bonds. The van der Waals surface area contributed by atoms with Crippen LogP contribution in [0.25, 0.3) is 22.7 Å². The van der Waals surface area contributed by atoms with E-state index >= 15 is 0 Å². The number of imidazole rings is 1. The number of nitriles is 1. The van der Waals surface area contributed by atoms with Crippen molar-refractivity contribution in [3.63, 3.8) is 0 Å². The maximum atomic E-state index is 9.69. The Bertz CT molecular complexity index is 1040. The van der Waals surface area contributed by atoms with Gasteiger partial charge in [0.15, 0.2) is 11.5 Å². The first-order valence-electron chi connectivity index (χ1n) is 8.39. The van der Waals surface area contributed by atoms with Gasteiger partial charge in [0.25, 0.3) is 0 Å². The third-order valence-electron chi connectivity index (χ3n) is 4.51. The van der Waals surface area contributed by atoms with Gasteiger partial charge in [0, 0.05) is 11.6 Å². The highest BCUT2D eigenvalue weighted by molar-refractivity contribution is 5.91. The van der Waals surface area contributed by atoms with Crippen LogP contribution in [0.4, 0.5) is 0 Å². The highest BCUT2D eigenvalue weighted by atomic mass is 16.5. The zero-order chi connectivity index (χ0) is 19.6. The SMILES string of the molecule is COc1cc(OC)c(OC)cc1/C=C(/C#N)c1nc2cc(C)c(C)cc2[nH]1. The van der Waals surface area contributed by atoms with Gasteiger partial charge in [-0.2, -0.15) is 5.26 Å². The number of rotatable bonds is 5. The lowest BCUT2D eigenvalue weighted by molar-refractivity contribution is 0.348. The van der Waals surface area contributed by atoms with Gasteiger partial charge in [0.1, 0.15) is 17.6 Å². The summed E-state index contributed by atoms with van der Waals surface area (Å²) in [6, 6.07) is 9.76. The van der Waals surface area contributed by atoms with E-state index < -0.39 is 0 Å². The molecule has 3 rings (SSSR count). The maximum absolute atomic E-state index is 9.69. The number of ether oxygens (including phenoxy) is 3. The van der Waals surface area contributed by atoms with Gasteiger partial charge >= 0.3 is 0 Å². The minimum absolute atomic E-state index is 0.395. The predicted molar refractivity (Wildman–Crippen MR) is 105 cm³/mol. The third-order valence-corrected chi connectivity index (χ3v) is 4.51. The zero-order valence-electron chi connectivity index (χ0n) is 16.0. The van der Waals surface area contributed by atoms with Gasteiger partial charge in [-0.05, 0) is 49.2 Å². The van der Waals surface area contributed by atoms with Crippen LogP contribution in [0.15, 0.2) is 24.3 Å². The summed E-state index contributed by atoms with van der Waals surface area (Å²) >= 11 is 0. The summed E-state index contributed by atoms with van der Waals surface area (Å²) in [6.45, 7) is 4.09. The summed E-state index contributed by atoms with van der Waals surface area (Å²) in [5, 5.41) is 9.69. The van der Waals surface area contributed by atoms with Gasteiger partial charge in [-0.25, -0.2) is 4.98 Å². The minimum Gasteiger partial charge on any atom is -0.496 e. The fourth-order valence-corrected chi connectivity index (χ4v) is 2.87. The summed E-state index contributed by atoms with van der Waals surface area (Å²) in [5.74, 6) is 2.19. The Morgan fingerprint density at radius 1 is 0.963 bits per heavy atom. The van der Waals surface area contributed by atoms with E-state index in [0.717, 1.165) is 16.6 Å². The molecule has 0 unspecified atom stereocenters. The van der Waals surface area contributed by atoms with E-state index in [1.54, 1.807) is 39.5 Å². The Morgan fingerprint density at radius 2 is 1.59 bits per heavy atom. The summed E-state index contributed by atoms with van der Waals surface area (Å²) in [5.41, 5.74) is 5.14. The van der Waals surface area contributed by atoms with Crippen LogP contribution in [0.1, 0.15) is 22.5 Å². The second-order valence-electron chi connectivity index (χ2n) is 6.16. The lowest BCUT2D eigenvalue weighted by atomic mass is 10.1. The molecule has 0 aliphatic carbocycles. The van der Waals surface area contributed by atoms with Gasteiger partial charge < -0.3 is 19.2 Å². The molecule has 27 heavy (non-hydrogen) atoms. The molecule has 0 fully saturated rings. The molecule has 2 aromatic carbocycles. The van der Waals surface area contributed by atoms with E-state index in [0.29, 0.717) is 34.2 Å². The molecule has 0 radical (unpaired) electrons. The lowest BCUT2D eigenvalue weighted by Crippen LogP contribution is -1.95. The van der Waals surface area contributed by atoms with Crippen LogP contribution in [-0.2, 0) is 0 Å². The van der Waals surface area contributed by atoms with Gasteiger partial charge in [-0.1, -0.05) is 0 Å². The number of methoxy groups -OCH3 is 3. The largest absolute Gasteiger partial charge is 0.496 e. The highest BCUT2D eigenvalue weighted by Crippen LogP contribution is 2.36. The number of aromatic amines is 1. The molecule has 0 saturated carbocycles. The van der Waals surface area contributed by atoms with Crippen molar-refractivity contribution in [2.24, 2.45) is 0 Å². The van der Waals surface area contributed by atoms with Crippen LogP contribution in [0, 0.1) is 25.2 Å². The fourth-order valence-electron chi connectivity index (χ4n) is 2.87. The number of fused-ring (bicyclic) bond motifs is 1. The Hall–Kier alpha value is -3.46. The van der Waals surface area contributed by atoms with Crippen molar-refractivity contribution in [2.75, 3.05) is 21.3 Å². The average molecular weight is 363 g/mol. The van der Waals surface area contributed by atoms with Crippen LogP contribution in [0.5, 0.6) is 17.2 Å². The van der Waals surface area contributed by atoms with Crippen LogP contribution in [0.3, 0.4) is 0 Å². The molecule has 3 aromatic rings. The lowest BCUT2D eigenvalue weighted by Gasteiger charge is -2.12. The van der Waals surface area contributed by atoms with Crippen molar-refractivity contribution in [1.29, 1.82) is 5.26 Å². The number of nitrogens with zero attached hydrogens (tertiary/aromatic N) is 2. The Morgan fingerprint density at radius 3 is 2.22 bits per heavy atom. The van der Waals surface area contributed by atoms with E-state index in [1.165, 1.54) is 5.56 Å². The highest BCUT2D eigenvalue weighted by Gasteiger charge is 2.14. The van der Waals surface area contributed by atoms with Crippen molar-refractivity contribution in [3.05, 3.63) is 46.8 Å². The van der Waals surface area contributed by atoms with Crippen LogP contribution >= 0.6 is 0 Å². The normalized spacial score (nSPS) is 11.3. The monoisotopic (exact) mass is 363 g/mol. The molecule has 138 valence electrons. The zero-order valence-corrected chi connectivity index (χ0v) is 16.0. The molecule has 1 heterocycles. The molecule has 0 saturated heterocycles. The summed E-state index contributed by atoms with van der Waals surface area (Å²) in [4.78, 5) is 7.80. The molecule has 0 aliphatic rings. The first kappa shape index (κ1) is 18.3. The number of hydrogen-bond acceptors (Lipinski definition) is 5. The smallest absolute Gasteiger partial charge is 0.164 e. The van der Waals surface area contributed by atoms with Crippen molar-refractivity contribution in [1.82, 2.24) is 9.97 Å². The predicted octanol–water partition coefficient (Wildman–Crippen LogP) is 4.27. The molecule has 0 bridgehead atoms. The van der Waals surface area contributed by atoms with Crippen LogP contribution in [0.2, 0.25) is 0 Å². The fraction of sp³-hybridized carbons (Fsp3) is 0.238. The van der Waals surface area contributed by atoms with Gasteiger partial charge in [-0.3, -0.25) is 0 Å². The topological polar surface area (TPSA) is 80.2 Å².